The predicted molar refractivity (Wildman–Crippen MR) is 85.2 cm³/mol. The maximum Gasteiger partial charge on any atom is 0.259 e. The van der Waals surface area contributed by atoms with Gasteiger partial charge in [-0.15, -0.1) is 0 Å². The predicted octanol–water partition coefficient (Wildman–Crippen LogP) is 3.98. The Bertz CT molecular complexity index is 676. The Kier molecular flexibility index (Phi) is 4.90. The molecule has 0 saturated carbocycles. The van der Waals surface area contributed by atoms with Crippen LogP contribution in [0.2, 0.25) is 0 Å². The average molecular weight is 352 g/mol. The lowest BCUT2D eigenvalue weighted by Gasteiger charge is -2.12. The van der Waals surface area contributed by atoms with Gasteiger partial charge in [-0.2, -0.15) is 0 Å². The zero-order valence-electron chi connectivity index (χ0n) is 11.7. The Morgan fingerprint density at radius 1 is 1.38 bits per heavy atom. The first kappa shape index (κ1) is 15.4. The first-order chi connectivity index (χ1) is 10.0. The SMILES string of the molecule is CCNc1ncc(F)cc1C(=O)Nc1cc(C)ccc1Br. The van der Waals surface area contributed by atoms with Crippen LogP contribution in [0.15, 0.2) is 34.9 Å². The van der Waals surface area contributed by atoms with Crippen molar-refractivity contribution in [3.05, 3.63) is 51.9 Å². The van der Waals surface area contributed by atoms with Crippen LogP contribution in [-0.4, -0.2) is 17.4 Å². The molecule has 0 aliphatic heterocycles. The van der Waals surface area contributed by atoms with Crippen LogP contribution in [0.3, 0.4) is 0 Å². The molecule has 1 heterocycles. The highest BCUT2D eigenvalue weighted by Gasteiger charge is 2.15. The van der Waals surface area contributed by atoms with Gasteiger partial charge in [0.05, 0.1) is 17.4 Å². The molecule has 110 valence electrons. The molecular weight excluding hydrogens is 337 g/mol. The standard InChI is InChI=1S/C15H15BrFN3O/c1-3-18-14-11(7-10(17)8-19-14)15(21)20-13-6-9(2)4-5-12(13)16/h4-8H,3H2,1-2H3,(H,18,19)(H,20,21). The Hall–Kier alpha value is -1.95. The van der Waals surface area contributed by atoms with Crippen molar-refractivity contribution in [3.8, 4) is 0 Å². The van der Waals surface area contributed by atoms with E-state index in [1.807, 2.05) is 32.0 Å². The second-order valence-corrected chi connectivity index (χ2v) is 5.37. The first-order valence-corrected chi connectivity index (χ1v) is 7.27. The van der Waals surface area contributed by atoms with Crippen LogP contribution in [0.4, 0.5) is 15.9 Å². The molecular formula is C15H15BrFN3O. The fraction of sp³-hybridized carbons (Fsp3) is 0.200. The third-order valence-corrected chi connectivity index (χ3v) is 3.50. The van der Waals surface area contributed by atoms with Crippen molar-refractivity contribution in [2.45, 2.75) is 13.8 Å². The fourth-order valence-electron chi connectivity index (χ4n) is 1.85. The summed E-state index contributed by atoms with van der Waals surface area (Å²) in [6.45, 7) is 4.40. The molecule has 0 spiro atoms. The number of hydrogen-bond acceptors (Lipinski definition) is 3. The summed E-state index contributed by atoms with van der Waals surface area (Å²) in [6.07, 6.45) is 1.08. The van der Waals surface area contributed by atoms with Crippen LogP contribution in [0, 0.1) is 12.7 Å². The highest BCUT2D eigenvalue weighted by Crippen LogP contribution is 2.25. The lowest BCUT2D eigenvalue weighted by Crippen LogP contribution is -2.16. The summed E-state index contributed by atoms with van der Waals surface area (Å²) in [5, 5.41) is 5.71. The number of nitrogens with one attached hydrogen (secondary N) is 2. The average Bonchev–Trinajstić information content (AvgIpc) is 2.45. The number of aryl methyl sites for hydroxylation is 1. The molecule has 2 aromatic rings. The van der Waals surface area contributed by atoms with E-state index in [-0.39, 0.29) is 5.56 Å². The van der Waals surface area contributed by atoms with E-state index in [1.54, 1.807) is 0 Å². The molecule has 0 saturated heterocycles. The van der Waals surface area contributed by atoms with E-state index in [2.05, 4.69) is 31.5 Å². The summed E-state index contributed by atoms with van der Waals surface area (Å²) in [5.41, 5.74) is 1.81. The van der Waals surface area contributed by atoms with Crippen molar-refractivity contribution in [1.29, 1.82) is 0 Å². The Morgan fingerprint density at radius 2 is 2.14 bits per heavy atom. The van der Waals surface area contributed by atoms with Gasteiger partial charge in [-0.3, -0.25) is 4.79 Å². The molecule has 4 nitrogen and oxygen atoms in total. The summed E-state index contributed by atoms with van der Waals surface area (Å²) in [6, 6.07) is 6.78. The van der Waals surface area contributed by atoms with Crippen molar-refractivity contribution in [1.82, 2.24) is 4.98 Å². The van der Waals surface area contributed by atoms with E-state index >= 15 is 0 Å². The molecule has 0 unspecified atom stereocenters. The molecule has 2 rings (SSSR count). The molecule has 0 aliphatic rings. The number of nitrogens with zero attached hydrogens (tertiary/aromatic N) is 1. The number of hydrogen-bond donors (Lipinski definition) is 2. The Balaban J connectivity index is 2.31. The van der Waals surface area contributed by atoms with Crippen LogP contribution >= 0.6 is 15.9 Å². The summed E-state index contributed by atoms with van der Waals surface area (Å²) in [7, 11) is 0. The fourth-order valence-corrected chi connectivity index (χ4v) is 2.19. The zero-order chi connectivity index (χ0) is 15.4. The third-order valence-electron chi connectivity index (χ3n) is 2.81. The Labute approximate surface area is 130 Å². The summed E-state index contributed by atoms with van der Waals surface area (Å²) in [5.74, 6) is -0.602. The third kappa shape index (κ3) is 3.78. The van der Waals surface area contributed by atoms with E-state index < -0.39 is 11.7 Å². The van der Waals surface area contributed by atoms with Gasteiger partial charge in [-0.05, 0) is 53.5 Å². The van der Waals surface area contributed by atoms with Crippen molar-refractivity contribution < 1.29 is 9.18 Å². The molecule has 1 aromatic carbocycles. The second kappa shape index (κ2) is 6.67. The molecule has 1 aromatic heterocycles. The van der Waals surface area contributed by atoms with Crippen LogP contribution in [0.1, 0.15) is 22.8 Å². The maximum atomic E-state index is 13.4. The van der Waals surface area contributed by atoms with Crippen LogP contribution in [0.25, 0.3) is 0 Å². The number of amides is 1. The van der Waals surface area contributed by atoms with Gasteiger partial charge in [0.15, 0.2) is 0 Å². The molecule has 0 aliphatic carbocycles. The first-order valence-electron chi connectivity index (χ1n) is 6.48. The van der Waals surface area contributed by atoms with Crippen molar-refractivity contribution in [2.24, 2.45) is 0 Å². The normalized spacial score (nSPS) is 10.3. The zero-order valence-corrected chi connectivity index (χ0v) is 13.3. The molecule has 0 bridgehead atoms. The summed E-state index contributed by atoms with van der Waals surface area (Å²) >= 11 is 3.38. The molecule has 0 radical (unpaired) electrons. The van der Waals surface area contributed by atoms with Gasteiger partial charge in [-0.1, -0.05) is 6.07 Å². The minimum Gasteiger partial charge on any atom is -0.370 e. The minimum absolute atomic E-state index is 0.172. The molecule has 6 heteroatoms. The van der Waals surface area contributed by atoms with Crippen molar-refractivity contribution in [2.75, 3.05) is 17.2 Å². The van der Waals surface area contributed by atoms with E-state index in [4.69, 9.17) is 0 Å². The number of anilines is 2. The molecule has 0 atom stereocenters. The van der Waals surface area contributed by atoms with E-state index in [0.29, 0.717) is 18.1 Å². The number of aromatic nitrogens is 1. The number of carbonyl (C=O) groups is 1. The minimum atomic E-state index is -0.551. The lowest BCUT2D eigenvalue weighted by atomic mass is 10.2. The van der Waals surface area contributed by atoms with Gasteiger partial charge < -0.3 is 10.6 Å². The number of pyridine rings is 1. The van der Waals surface area contributed by atoms with Gasteiger partial charge >= 0.3 is 0 Å². The van der Waals surface area contributed by atoms with Crippen molar-refractivity contribution >= 4 is 33.3 Å². The lowest BCUT2D eigenvalue weighted by molar-refractivity contribution is 0.102. The molecule has 1 amide bonds. The van der Waals surface area contributed by atoms with Gasteiger partial charge in [0.2, 0.25) is 0 Å². The molecule has 0 fully saturated rings. The number of benzene rings is 1. The molecule has 21 heavy (non-hydrogen) atoms. The highest BCUT2D eigenvalue weighted by molar-refractivity contribution is 9.10. The van der Waals surface area contributed by atoms with Gasteiger partial charge in [0.25, 0.3) is 5.91 Å². The van der Waals surface area contributed by atoms with E-state index in [0.717, 1.165) is 16.2 Å². The number of carbonyl (C=O) groups excluding carboxylic acids is 1. The largest absolute Gasteiger partial charge is 0.370 e. The summed E-state index contributed by atoms with van der Waals surface area (Å²) in [4.78, 5) is 16.3. The monoisotopic (exact) mass is 351 g/mol. The quantitative estimate of drug-likeness (QED) is 0.875. The van der Waals surface area contributed by atoms with Gasteiger partial charge in [0.1, 0.15) is 11.6 Å². The number of rotatable bonds is 4. The number of halogens is 2. The highest BCUT2D eigenvalue weighted by atomic mass is 79.9. The van der Waals surface area contributed by atoms with E-state index in [1.165, 1.54) is 6.07 Å². The van der Waals surface area contributed by atoms with Crippen LogP contribution in [0.5, 0.6) is 0 Å². The van der Waals surface area contributed by atoms with Crippen LogP contribution < -0.4 is 10.6 Å². The summed E-state index contributed by atoms with van der Waals surface area (Å²) < 4.78 is 14.1. The van der Waals surface area contributed by atoms with Gasteiger partial charge in [-0.25, -0.2) is 9.37 Å². The molecule has 2 N–H and O–H groups in total. The van der Waals surface area contributed by atoms with Crippen LogP contribution in [-0.2, 0) is 0 Å². The Morgan fingerprint density at radius 3 is 2.86 bits per heavy atom. The second-order valence-electron chi connectivity index (χ2n) is 4.52. The van der Waals surface area contributed by atoms with Crippen molar-refractivity contribution in [3.63, 3.8) is 0 Å². The smallest absolute Gasteiger partial charge is 0.259 e. The van der Waals surface area contributed by atoms with Gasteiger partial charge in [0, 0.05) is 11.0 Å². The topological polar surface area (TPSA) is 54.0 Å². The maximum absolute atomic E-state index is 13.4. The van der Waals surface area contributed by atoms with E-state index in [9.17, 15) is 9.18 Å².